The Hall–Kier alpha value is -4.27. The Morgan fingerprint density at radius 2 is 1.64 bits per heavy atom. The first kappa shape index (κ1) is 23.5. The van der Waals surface area contributed by atoms with Crippen molar-refractivity contribution in [2.75, 3.05) is 13.1 Å². The molecule has 0 saturated carbocycles. The number of amides is 2. The van der Waals surface area contributed by atoms with Gasteiger partial charge in [0.1, 0.15) is 17.2 Å². The average Bonchev–Trinajstić information content (AvgIpc) is 3.58. The van der Waals surface area contributed by atoms with Crippen LogP contribution in [0.2, 0.25) is 0 Å². The molecule has 7 nitrogen and oxygen atoms in total. The van der Waals surface area contributed by atoms with Crippen molar-refractivity contribution in [2.45, 2.75) is 19.4 Å². The highest BCUT2D eigenvalue weighted by Crippen LogP contribution is 2.24. The van der Waals surface area contributed by atoms with E-state index in [1.165, 1.54) is 30.5 Å². The molecule has 5 rings (SSSR count). The molecular formula is C27H25F2N5O2. The van der Waals surface area contributed by atoms with Gasteiger partial charge in [-0.3, -0.25) is 9.59 Å². The minimum atomic E-state index is -0.359. The second kappa shape index (κ2) is 10.2. The lowest BCUT2D eigenvalue weighted by atomic mass is 9.96. The van der Waals surface area contributed by atoms with Crippen molar-refractivity contribution < 1.29 is 18.4 Å². The van der Waals surface area contributed by atoms with Crippen LogP contribution in [0.3, 0.4) is 0 Å². The van der Waals surface area contributed by atoms with Gasteiger partial charge in [-0.05, 0) is 66.9 Å². The van der Waals surface area contributed by atoms with E-state index in [2.05, 4.69) is 10.4 Å². The van der Waals surface area contributed by atoms with E-state index in [-0.39, 0.29) is 29.4 Å². The van der Waals surface area contributed by atoms with Crippen LogP contribution in [0.5, 0.6) is 0 Å². The van der Waals surface area contributed by atoms with Gasteiger partial charge < -0.3 is 14.8 Å². The number of rotatable bonds is 6. The number of likely N-dealkylation sites (tertiary alicyclic amines) is 1. The van der Waals surface area contributed by atoms with E-state index in [9.17, 15) is 18.4 Å². The van der Waals surface area contributed by atoms with Gasteiger partial charge in [-0.25, -0.2) is 13.5 Å². The first-order valence-corrected chi connectivity index (χ1v) is 11.8. The normalized spacial score (nSPS) is 15.6. The van der Waals surface area contributed by atoms with Crippen LogP contribution in [0, 0.1) is 17.6 Å². The van der Waals surface area contributed by atoms with E-state index in [0.717, 1.165) is 5.56 Å². The van der Waals surface area contributed by atoms with E-state index in [4.69, 9.17) is 0 Å². The number of hydrogen-bond donors (Lipinski definition) is 1. The molecule has 184 valence electrons. The van der Waals surface area contributed by atoms with E-state index in [1.807, 2.05) is 24.5 Å². The van der Waals surface area contributed by atoms with E-state index in [0.29, 0.717) is 49.5 Å². The molecule has 4 aromatic rings. The largest absolute Gasteiger partial charge is 0.352 e. The fourth-order valence-corrected chi connectivity index (χ4v) is 4.47. The minimum absolute atomic E-state index is 0.135. The van der Waals surface area contributed by atoms with Crippen LogP contribution < -0.4 is 5.32 Å². The van der Waals surface area contributed by atoms with Gasteiger partial charge in [0.05, 0.1) is 17.8 Å². The molecule has 1 N–H and O–H groups in total. The van der Waals surface area contributed by atoms with Crippen molar-refractivity contribution in [2.24, 2.45) is 5.92 Å². The standard InChI is InChI=1S/C27H25F2N5O2/c28-21-7-5-19(6-8-21)16-30-25(35)20-4-3-15-33(18-20)27(36)24-17-31-34(23-11-9-22(29)10-12-23)26(24)32-13-1-2-14-32/h1-2,5-14,17,20H,3-4,15-16,18H2,(H,30,35). The Kier molecular flexibility index (Phi) is 6.62. The van der Waals surface area contributed by atoms with Crippen molar-refractivity contribution in [1.29, 1.82) is 0 Å². The maximum absolute atomic E-state index is 13.6. The fourth-order valence-electron chi connectivity index (χ4n) is 4.47. The first-order valence-electron chi connectivity index (χ1n) is 11.8. The van der Waals surface area contributed by atoms with Crippen molar-refractivity contribution >= 4 is 11.8 Å². The number of nitrogens with one attached hydrogen (secondary N) is 1. The Balaban J connectivity index is 1.34. The number of nitrogens with zero attached hydrogens (tertiary/aromatic N) is 4. The summed E-state index contributed by atoms with van der Waals surface area (Å²) in [5.74, 6) is -0.840. The monoisotopic (exact) mass is 489 g/mol. The third-order valence-corrected chi connectivity index (χ3v) is 6.35. The predicted octanol–water partition coefficient (Wildman–Crippen LogP) is 4.11. The lowest BCUT2D eigenvalue weighted by Gasteiger charge is -2.32. The van der Waals surface area contributed by atoms with Gasteiger partial charge in [0.15, 0.2) is 5.82 Å². The van der Waals surface area contributed by atoms with Crippen molar-refractivity contribution in [3.05, 3.63) is 102 Å². The Bertz CT molecular complexity index is 1350. The molecule has 2 aromatic carbocycles. The molecule has 9 heteroatoms. The number of halogens is 2. The third-order valence-electron chi connectivity index (χ3n) is 6.35. The molecule has 0 spiro atoms. The molecule has 3 heterocycles. The zero-order chi connectivity index (χ0) is 25.1. The second-order valence-electron chi connectivity index (χ2n) is 8.79. The lowest BCUT2D eigenvalue weighted by Crippen LogP contribution is -2.45. The highest BCUT2D eigenvalue weighted by molar-refractivity contribution is 5.97. The molecule has 1 fully saturated rings. The summed E-state index contributed by atoms with van der Waals surface area (Å²) in [6.45, 7) is 1.13. The summed E-state index contributed by atoms with van der Waals surface area (Å²) in [6, 6.07) is 15.6. The van der Waals surface area contributed by atoms with Gasteiger partial charge in [-0.2, -0.15) is 5.10 Å². The number of carbonyl (C=O) groups excluding carboxylic acids is 2. The summed E-state index contributed by atoms with van der Waals surface area (Å²) in [5.41, 5.74) is 1.82. The third kappa shape index (κ3) is 4.91. The van der Waals surface area contributed by atoms with E-state index >= 15 is 0 Å². The molecule has 1 unspecified atom stereocenters. The quantitative estimate of drug-likeness (QED) is 0.443. The second-order valence-corrected chi connectivity index (χ2v) is 8.79. The van der Waals surface area contributed by atoms with Gasteiger partial charge >= 0.3 is 0 Å². The van der Waals surface area contributed by atoms with Crippen LogP contribution in [0.1, 0.15) is 28.8 Å². The van der Waals surface area contributed by atoms with Crippen LogP contribution in [0.25, 0.3) is 11.5 Å². The van der Waals surface area contributed by atoms with Gasteiger partial charge in [-0.1, -0.05) is 12.1 Å². The van der Waals surface area contributed by atoms with E-state index < -0.39 is 0 Å². The van der Waals surface area contributed by atoms with Gasteiger partial charge in [0.2, 0.25) is 5.91 Å². The Labute approximate surface area is 207 Å². The Morgan fingerprint density at radius 1 is 0.972 bits per heavy atom. The Morgan fingerprint density at radius 3 is 2.33 bits per heavy atom. The van der Waals surface area contributed by atoms with Crippen LogP contribution in [0.4, 0.5) is 8.78 Å². The molecule has 1 saturated heterocycles. The fraction of sp³-hybridized carbons (Fsp3) is 0.222. The maximum Gasteiger partial charge on any atom is 0.259 e. The van der Waals surface area contributed by atoms with Crippen LogP contribution in [0.15, 0.2) is 79.3 Å². The minimum Gasteiger partial charge on any atom is -0.352 e. The molecular weight excluding hydrogens is 464 g/mol. The maximum atomic E-state index is 13.6. The molecule has 1 atom stereocenters. The van der Waals surface area contributed by atoms with Gasteiger partial charge in [0.25, 0.3) is 5.91 Å². The summed E-state index contributed by atoms with van der Waals surface area (Å²) < 4.78 is 30.0. The van der Waals surface area contributed by atoms with E-state index in [1.54, 1.807) is 38.4 Å². The molecule has 0 radical (unpaired) electrons. The summed E-state index contributed by atoms with van der Waals surface area (Å²) in [6.07, 6.45) is 6.52. The topological polar surface area (TPSA) is 72.2 Å². The number of hydrogen-bond acceptors (Lipinski definition) is 3. The number of piperidine rings is 1. The zero-order valence-electron chi connectivity index (χ0n) is 19.5. The highest BCUT2D eigenvalue weighted by atomic mass is 19.1. The number of carbonyl (C=O) groups is 2. The average molecular weight is 490 g/mol. The molecule has 1 aliphatic heterocycles. The predicted molar refractivity (Wildman–Crippen MR) is 130 cm³/mol. The summed E-state index contributed by atoms with van der Waals surface area (Å²) in [5, 5.41) is 7.33. The summed E-state index contributed by atoms with van der Waals surface area (Å²) in [4.78, 5) is 28.2. The SMILES string of the molecule is O=C(NCc1ccc(F)cc1)C1CCCN(C(=O)c2cnn(-c3ccc(F)cc3)c2-n2cccc2)C1. The van der Waals surface area contributed by atoms with Gasteiger partial charge in [-0.15, -0.1) is 0 Å². The number of aromatic nitrogens is 3. The summed E-state index contributed by atoms with van der Waals surface area (Å²) >= 11 is 0. The first-order chi connectivity index (χ1) is 17.5. The van der Waals surface area contributed by atoms with Crippen LogP contribution >= 0.6 is 0 Å². The highest BCUT2D eigenvalue weighted by Gasteiger charge is 2.31. The van der Waals surface area contributed by atoms with Crippen LogP contribution in [-0.4, -0.2) is 44.2 Å². The van der Waals surface area contributed by atoms with Crippen molar-refractivity contribution in [1.82, 2.24) is 24.6 Å². The van der Waals surface area contributed by atoms with Crippen LogP contribution in [-0.2, 0) is 11.3 Å². The zero-order valence-corrected chi connectivity index (χ0v) is 19.5. The van der Waals surface area contributed by atoms with Crippen molar-refractivity contribution in [3.8, 4) is 11.5 Å². The van der Waals surface area contributed by atoms with Crippen molar-refractivity contribution in [3.63, 3.8) is 0 Å². The lowest BCUT2D eigenvalue weighted by molar-refractivity contribution is -0.126. The summed E-state index contributed by atoms with van der Waals surface area (Å²) in [7, 11) is 0. The number of benzene rings is 2. The van der Waals surface area contributed by atoms with Gasteiger partial charge in [0, 0.05) is 32.0 Å². The molecule has 0 aliphatic carbocycles. The molecule has 2 amide bonds. The molecule has 1 aliphatic rings. The smallest absolute Gasteiger partial charge is 0.259 e. The molecule has 36 heavy (non-hydrogen) atoms. The molecule has 2 aromatic heterocycles. The molecule has 0 bridgehead atoms.